The van der Waals surface area contributed by atoms with E-state index in [2.05, 4.69) is 60.8 Å². The van der Waals surface area contributed by atoms with Gasteiger partial charge in [0.15, 0.2) is 5.90 Å². The van der Waals surface area contributed by atoms with E-state index in [4.69, 9.17) is 9.73 Å². The summed E-state index contributed by atoms with van der Waals surface area (Å²) in [5.41, 5.74) is 5.59. The van der Waals surface area contributed by atoms with Crippen molar-refractivity contribution in [3.63, 3.8) is 0 Å². The molecule has 0 spiro atoms. The maximum absolute atomic E-state index is 6.29. The average molecular weight is 419 g/mol. The minimum absolute atomic E-state index is 0.306. The molecule has 4 nitrogen and oxygen atoms in total. The Morgan fingerprint density at radius 2 is 1.68 bits per heavy atom. The number of hydrogen-bond donors (Lipinski definition) is 0. The predicted molar refractivity (Wildman–Crippen MR) is 123 cm³/mol. The van der Waals surface area contributed by atoms with Gasteiger partial charge in [0.2, 0.25) is 6.33 Å². The van der Waals surface area contributed by atoms with E-state index in [0.717, 1.165) is 43.2 Å². The number of benzene rings is 1. The van der Waals surface area contributed by atoms with Crippen LogP contribution in [0.25, 0.3) is 5.69 Å². The minimum Gasteiger partial charge on any atom is -0.478 e. The Bertz CT molecular complexity index is 975. The highest BCUT2D eigenvalue weighted by atomic mass is 16.5. The molecule has 1 aromatic heterocycles. The average Bonchev–Trinajstić information content (AvgIpc) is 3.34. The molecular formula is C27H36N3O+. The summed E-state index contributed by atoms with van der Waals surface area (Å²) in [5, 5.41) is 0. The van der Waals surface area contributed by atoms with Gasteiger partial charge in [0, 0.05) is 11.8 Å². The van der Waals surface area contributed by atoms with Crippen molar-refractivity contribution in [1.82, 2.24) is 4.57 Å². The van der Waals surface area contributed by atoms with Crippen molar-refractivity contribution in [2.45, 2.75) is 78.3 Å². The molecule has 0 saturated heterocycles. The molecule has 31 heavy (non-hydrogen) atoms. The molecule has 2 heterocycles. The van der Waals surface area contributed by atoms with Crippen LogP contribution in [-0.2, 0) is 11.3 Å². The molecule has 1 aliphatic heterocycles. The summed E-state index contributed by atoms with van der Waals surface area (Å²) >= 11 is 0. The van der Waals surface area contributed by atoms with Crippen LogP contribution in [0.5, 0.6) is 0 Å². The van der Waals surface area contributed by atoms with E-state index in [1.165, 1.54) is 60.9 Å². The molecule has 164 valence electrons. The van der Waals surface area contributed by atoms with Crippen LogP contribution in [0.4, 0.5) is 0 Å². The van der Waals surface area contributed by atoms with Crippen LogP contribution >= 0.6 is 0 Å². The van der Waals surface area contributed by atoms with Gasteiger partial charge in [0.05, 0.1) is 12.6 Å². The Kier molecular flexibility index (Phi) is 4.56. The quantitative estimate of drug-likeness (QED) is 0.622. The molecule has 4 heteroatoms. The molecule has 4 fully saturated rings. The van der Waals surface area contributed by atoms with Crippen LogP contribution in [0.15, 0.2) is 35.8 Å². The molecule has 1 aromatic carbocycles. The monoisotopic (exact) mass is 418 g/mol. The van der Waals surface area contributed by atoms with Crippen LogP contribution in [-0.4, -0.2) is 23.1 Å². The van der Waals surface area contributed by atoms with Crippen molar-refractivity contribution in [3.05, 3.63) is 47.5 Å². The van der Waals surface area contributed by atoms with E-state index >= 15 is 0 Å². The first-order valence-corrected chi connectivity index (χ1v) is 12.3. The lowest BCUT2D eigenvalue weighted by atomic mass is 9.49. The number of rotatable bonds is 5. The molecule has 4 saturated carbocycles. The summed E-state index contributed by atoms with van der Waals surface area (Å²) in [6.45, 7) is 8.35. The number of aromatic nitrogens is 2. The van der Waals surface area contributed by atoms with E-state index in [1.807, 2.05) is 0 Å². The molecule has 1 atom stereocenters. The van der Waals surface area contributed by atoms with E-state index in [-0.39, 0.29) is 0 Å². The summed E-state index contributed by atoms with van der Waals surface area (Å²) < 4.78 is 10.9. The lowest BCUT2D eigenvalue weighted by molar-refractivity contribution is -0.696. The Labute approximate surface area is 186 Å². The topological polar surface area (TPSA) is 30.4 Å². The van der Waals surface area contributed by atoms with Crippen molar-refractivity contribution in [2.24, 2.45) is 28.2 Å². The fraction of sp³-hybridized carbons (Fsp3) is 0.630. The Morgan fingerprint density at radius 3 is 2.32 bits per heavy atom. The van der Waals surface area contributed by atoms with Gasteiger partial charge in [-0.2, -0.15) is 0 Å². The van der Waals surface area contributed by atoms with Crippen LogP contribution in [0.3, 0.4) is 0 Å². The van der Waals surface area contributed by atoms with Gasteiger partial charge in [-0.15, -0.1) is 0 Å². The molecule has 0 unspecified atom stereocenters. The largest absolute Gasteiger partial charge is 0.478 e. The molecule has 2 aromatic rings. The Morgan fingerprint density at radius 1 is 1.03 bits per heavy atom. The van der Waals surface area contributed by atoms with Crippen LogP contribution < -0.4 is 4.57 Å². The SMILES string of the molecule is Cc1cc(C)c(-n2cc[n+](CC[C@H]3COC(C45CC6CC(CC(C6)C4)C5)=N3)c2)c(C)c1. The first-order chi connectivity index (χ1) is 15.0. The second kappa shape index (κ2) is 7.21. The van der Waals surface area contributed by atoms with Gasteiger partial charge < -0.3 is 4.74 Å². The highest BCUT2D eigenvalue weighted by Gasteiger charge is 2.55. The van der Waals surface area contributed by atoms with E-state index in [1.54, 1.807) is 0 Å². The van der Waals surface area contributed by atoms with E-state index < -0.39 is 0 Å². The van der Waals surface area contributed by atoms with Gasteiger partial charge in [-0.05, 0) is 88.2 Å². The van der Waals surface area contributed by atoms with Gasteiger partial charge in [-0.1, -0.05) is 17.7 Å². The predicted octanol–water partition coefficient (Wildman–Crippen LogP) is 5.09. The summed E-state index contributed by atoms with van der Waals surface area (Å²) in [5.74, 6) is 3.98. The van der Waals surface area contributed by atoms with Crippen molar-refractivity contribution in [3.8, 4) is 5.69 Å². The summed E-state index contributed by atoms with van der Waals surface area (Å²) in [6.07, 6.45) is 16.1. The Balaban J connectivity index is 1.13. The maximum Gasteiger partial charge on any atom is 0.248 e. The fourth-order valence-corrected chi connectivity index (χ4v) is 7.76. The van der Waals surface area contributed by atoms with Gasteiger partial charge in [0.25, 0.3) is 0 Å². The lowest BCUT2D eigenvalue weighted by Crippen LogP contribution is -2.50. The maximum atomic E-state index is 6.29. The first-order valence-electron chi connectivity index (χ1n) is 12.3. The van der Waals surface area contributed by atoms with Gasteiger partial charge >= 0.3 is 0 Å². The van der Waals surface area contributed by atoms with Crippen molar-refractivity contribution >= 4 is 5.90 Å². The molecule has 0 radical (unpaired) electrons. The molecule has 0 amide bonds. The molecule has 5 aliphatic rings. The second-order valence-electron chi connectivity index (χ2n) is 11.2. The highest BCUT2D eigenvalue weighted by Crippen LogP contribution is 2.61. The molecule has 4 bridgehead atoms. The molecule has 4 aliphatic carbocycles. The zero-order valence-corrected chi connectivity index (χ0v) is 19.3. The number of imidazole rings is 1. The number of aryl methyl sites for hydroxylation is 4. The van der Waals surface area contributed by atoms with Crippen LogP contribution in [0, 0.1) is 43.9 Å². The van der Waals surface area contributed by atoms with Gasteiger partial charge in [-0.25, -0.2) is 14.1 Å². The summed E-state index contributed by atoms with van der Waals surface area (Å²) in [7, 11) is 0. The van der Waals surface area contributed by atoms with Crippen LogP contribution in [0.1, 0.15) is 61.6 Å². The molecule has 7 rings (SSSR count). The minimum atomic E-state index is 0.306. The third kappa shape index (κ3) is 3.43. The Hall–Kier alpha value is -2.10. The fourth-order valence-electron chi connectivity index (χ4n) is 7.76. The third-order valence-corrected chi connectivity index (χ3v) is 8.51. The van der Waals surface area contributed by atoms with Gasteiger partial charge in [0.1, 0.15) is 24.7 Å². The standard InChI is InChI=1S/C27H36N3O/c1-18-8-19(2)25(20(3)9-18)30-7-6-29(17-30)5-4-24-16-31-26(28-24)27-13-21-10-22(14-27)12-23(11-21)15-27/h6-9,17,21-24H,4-5,10-16H2,1-3H3/q+1/t21?,22?,23?,24-,27?/m0/s1. The van der Waals surface area contributed by atoms with Crippen molar-refractivity contribution < 1.29 is 9.30 Å². The normalized spacial score (nSPS) is 33.6. The lowest BCUT2D eigenvalue weighted by Gasteiger charge is -2.56. The number of aliphatic imine (C=N–C) groups is 1. The number of hydrogen-bond acceptors (Lipinski definition) is 2. The van der Waals surface area contributed by atoms with E-state index in [9.17, 15) is 0 Å². The number of ether oxygens (including phenoxy) is 1. The zero-order valence-electron chi connectivity index (χ0n) is 19.3. The van der Waals surface area contributed by atoms with Crippen molar-refractivity contribution in [1.29, 1.82) is 0 Å². The molecular weight excluding hydrogens is 382 g/mol. The second-order valence-corrected chi connectivity index (χ2v) is 11.2. The van der Waals surface area contributed by atoms with E-state index in [0.29, 0.717) is 11.5 Å². The molecule has 0 N–H and O–H groups in total. The number of nitrogens with zero attached hydrogens (tertiary/aromatic N) is 3. The van der Waals surface area contributed by atoms with Crippen molar-refractivity contribution in [2.75, 3.05) is 6.61 Å². The van der Waals surface area contributed by atoms with Crippen LogP contribution in [0.2, 0.25) is 0 Å². The highest BCUT2D eigenvalue weighted by molar-refractivity contribution is 5.84. The third-order valence-electron chi connectivity index (χ3n) is 8.51. The summed E-state index contributed by atoms with van der Waals surface area (Å²) in [4.78, 5) is 5.17. The first kappa shape index (κ1) is 19.6. The summed E-state index contributed by atoms with van der Waals surface area (Å²) in [6, 6.07) is 4.86. The van der Waals surface area contributed by atoms with Gasteiger partial charge in [-0.3, -0.25) is 0 Å². The zero-order chi connectivity index (χ0) is 21.2. The smallest absolute Gasteiger partial charge is 0.248 e.